The lowest BCUT2D eigenvalue weighted by atomic mass is 10.1. The minimum Gasteiger partial charge on any atom is -0.483 e. The van der Waals surface area contributed by atoms with Gasteiger partial charge in [-0.2, -0.15) is 0 Å². The number of carbonyl (C=O) groups is 1. The number of hydrogen-bond donors (Lipinski definition) is 2. The quantitative estimate of drug-likeness (QED) is 0.845. The number of rotatable bonds is 5. The molecule has 0 unspecified atom stereocenters. The standard InChI is InChI=1S/C16H24N2O3/c1-11-5-4-6-15(12(11)2)21-10-16(20)17-13-7-14(9-19)18(3)8-13/h4-6,13-14,19H,7-10H2,1-3H3,(H,17,20)/t13-,14+/m1/s1. The second-order valence-electron chi connectivity index (χ2n) is 5.76. The third kappa shape index (κ3) is 3.95. The van der Waals surface area contributed by atoms with Gasteiger partial charge in [0.15, 0.2) is 6.61 Å². The van der Waals surface area contributed by atoms with Crippen molar-refractivity contribution in [3.63, 3.8) is 0 Å². The van der Waals surface area contributed by atoms with Gasteiger partial charge in [-0.3, -0.25) is 9.69 Å². The molecule has 2 atom stereocenters. The topological polar surface area (TPSA) is 61.8 Å². The number of amides is 1. The molecule has 0 bridgehead atoms. The lowest BCUT2D eigenvalue weighted by Gasteiger charge is -2.15. The molecule has 21 heavy (non-hydrogen) atoms. The minimum absolute atomic E-state index is 0.0221. The predicted molar refractivity (Wildman–Crippen MR) is 81.5 cm³/mol. The van der Waals surface area contributed by atoms with Gasteiger partial charge in [0.05, 0.1) is 6.61 Å². The van der Waals surface area contributed by atoms with Crippen molar-refractivity contribution in [1.29, 1.82) is 0 Å². The Balaban J connectivity index is 1.82. The SMILES string of the molecule is Cc1cccc(OCC(=O)N[C@@H]2C[C@@H](CO)N(C)C2)c1C. The molecular weight excluding hydrogens is 268 g/mol. The van der Waals surface area contributed by atoms with Gasteiger partial charge in [0.25, 0.3) is 5.91 Å². The van der Waals surface area contributed by atoms with Crippen LogP contribution in [0.4, 0.5) is 0 Å². The van der Waals surface area contributed by atoms with Gasteiger partial charge in [-0.25, -0.2) is 0 Å². The van der Waals surface area contributed by atoms with Gasteiger partial charge in [-0.15, -0.1) is 0 Å². The lowest BCUT2D eigenvalue weighted by molar-refractivity contribution is -0.123. The maximum atomic E-state index is 12.0. The molecule has 1 fully saturated rings. The van der Waals surface area contributed by atoms with E-state index in [1.165, 1.54) is 0 Å². The first-order chi connectivity index (χ1) is 10.0. The number of likely N-dealkylation sites (N-methyl/N-ethyl adjacent to an activating group) is 1. The first-order valence-corrected chi connectivity index (χ1v) is 7.30. The van der Waals surface area contributed by atoms with Crippen LogP contribution in [0.1, 0.15) is 17.5 Å². The summed E-state index contributed by atoms with van der Waals surface area (Å²) in [5.41, 5.74) is 2.21. The van der Waals surface area contributed by atoms with Crippen LogP contribution in [0, 0.1) is 13.8 Å². The Labute approximate surface area is 125 Å². The van der Waals surface area contributed by atoms with Crippen LogP contribution in [-0.2, 0) is 4.79 Å². The van der Waals surface area contributed by atoms with E-state index >= 15 is 0 Å². The number of ether oxygens (including phenoxy) is 1. The first kappa shape index (κ1) is 15.8. The fourth-order valence-corrected chi connectivity index (χ4v) is 2.69. The summed E-state index contributed by atoms with van der Waals surface area (Å²) in [6, 6.07) is 6.04. The molecule has 1 amide bonds. The van der Waals surface area contributed by atoms with E-state index in [9.17, 15) is 9.90 Å². The van der Waals surface area contributed by atoms with E-state index in [0.29, 0.717) is 0 Å². The van der Waals surface area contributed by atoms with Crippen molar-refractivity contribution in [1.82, 2.24) is 10.2 Å². The second-order valence-corrected chi connectivity index (χ2v) is 5.76. The number of carbonyl (C=O) groups excluding carboxylic acids is 1. The third-order valence-electron chi connectivity index (χ3n) is 4.18. The van der Waals surface area contributed by atoms with E-state index in [2.05, 4.69) is 10.2 Å². The smallest absolute Gasteiger partial charge is 0.258 e. The van der Waals surface area contributed by atoms with Crippen LogP contribution < -0.4 is 10.1 Å². The summed E-state index contributed by atoms with van der Waals surface area (Å²) in [6.07, 6.45) is 0.780. The highest BCUT2D eigenvalue weighted by Gasteiger charge is 2.29. The molecule has 0 radical (unpaired) electrons. The number of aliphatic hydroxyl groups excluding tert-OH is 1. The average Bonchev–Trinajstić information content (AvgIpc) is 2.80. The van der Waals surface area contributed by atoms with Crippen molar-refractivity contribution in [3.05, 3.63) is 29.3 Å². The highest BCUT2D eigenvalue weighted by molar-refractivity contribution is 5.78. The summed E-state index contributed by atoms with van der Waals surface area (Å²) in [7, 11) is 1.96. The van der Waals surface area contributed by atoms with Crippen LogP contribution in [0.3, 0.4) is 0 Å². The Kier molecular flexibility index (Phi) is 5.20. The third-order valence-corrected chi connectivity index (χ3v) is 4.18. The molecule has 0 spiro atoms. The van der Waals surface area contributed by atoms with E-state index in [0.717, 1.165) is 29.8 Å². The van der Waals surface area contributed by atoms with Gasteiger partial charge in [0.1, 0.15) is 5.75 Å². The van der Waals surface area contributed by atoms with E-state index < -0.39 is 0 Å². The van der Waals surface area contributed by atoms with E-state index in [-0.39, 0.29) is 31.2 Å². The van der Waals surface area contributed by atoms with E-state index in [1.807, 2.05) is 39.1 Å². The summed E-state index contributed by atoms with van der Waals surface area (Å²) in [5, 5.41) is 12.2. The molecular formula is C16H24N2O3. The number of nitrogens with zero attached hydrogens (tertiary/aromatic N) is 1. The van der Waals surface area contributed by atoms with Crippen LogP contribution in [0.5, 0.6) is 5.75 Å². The Hall–Kier alpha value is -1.59. The van der Waals surface area contributed by atoms with Crippen molar-refractivity contribution >= 4 is 5.91 Å². The Morgan fingerprint density at radius 1 is 1.48 bits per heavy atom. The monoisotopic (exact) mass is 292 g/mol. The zero-order chi connectivity index (χ0) is 15.4. The molecule has 2 rings (SSSR count). The lowest BCUT2D eigenvalue weighted by Crippen LogP contribution is -2.39. The van der Waals surface area contributed by atoms with Crippen molar-refractivity contribution in [3.8, 4) is 5.75 Å². The maximum Gasteiger partial charge on any atom is 0.258 e. The summed E-state index contributed by atoms with van der Waals surface area (Å²) in [6.45, 7) is 4.92. The number of benzene rings is 1. The van der Waals surface area contributed by atoms with Crippen LogP contribution in [-0.4, -0.2) is 54.8 Å². The van der Waals surface area contributed by atoms with Gasteiger partial charge in [-0.05, 0) is 44.5 Å². The molecule has 0 aliphatic carbocycles. The highest BCUT2D eigenvalue weighted by Crippen LogP contribution is 2.20. The van der Waals surface area contributed by atoms with Gasteiger partial charge >= 0.3 is 0 Å². The first-order valence-electron chi connectivity index (χ1n) is 7.30. The number of hydrogen-bond acceptors (Lipinski definition) is 4. The van der Waals surface area contributed by atoms with Crippen molar-refractivity contribution in [2.45, 2.75) is 32.4 Å². The molecule has 1 aromatic rings. The van der Waals surface area contributed by atoms with Crippen LogP contribution in [0.15, 0.2) is 18.2 Å². The van der Waals surface area contributed by atoms with Crippen LogP contribution in [0.25, 0.3) is 0 Å². The molecule has 1 aromatic carbocycles. The fraction of sp³-hybridized carbons (Fsp3) is 0.562. The van der Waals surface area contributed by atoms with Gasteiger partial charge in [-0.1, -0.05) is 12.1 Å². The second kappa shape index (κ2) is 6.91. The molecule has 0 saturated carbocycles. The summed E-state index contributed by atoms with van der Waals surface area (Å²) in [4.78, 5) is 14.0. The molecule has 1 aliphatic rings. The molecule has 0 aromatic heterocycles. The van der Waals surface area contributed by atoms with Crippen LogP contribution in [0.2, 0.25) is 0 Å². The number of aryl methyl sites for hydroxylation is 1. The Morgan fingerprint density at radius 2 is 2.24 bits per heavy atom. The average molecular weight is 292 g/mol. The molecule has 1 heterocycles. The summed E-state index contributed by atoms with van der Waals surface area (Å²) < 4.78 is 5.59. The fourth-order valence-electron chi connectivity index (χ4n) is 2.69. The molecule has 5 heteroatoms. The summed E-state index contributed by atoms with van der Waals surface area (Å²) >= 11 is 0. The predicted octanol–water partition coefficient (Wildman–Crippen LogP) is 0.863. The Bertz CT molecular complexity index is 504. The van der Waals surface area contributed by atoms with Gasteiger partial charge < -0.3 is 15.2 Å². The summed E-state index contributed by atoms with van der Waals surface area (Å²) in [5.74, 6) is 0.634. The highest BCUT2D eigenvalue weighted by atomic mass is 16.5. The number of likely N-dealkylation sites (tertiary alicyclic amines) is 1. The van der Waals surface area contributed by atoms with Crippen LogP contribution >= 0.6 is 0 Å². The van der Waals surface area contributed by atoms with Gasteiger partial charge in [0, 0.05) is 18.6 Å². The van der Waals surface area contributed by atoms with Crippen molar-refractivity contribution in [2.24, 2.45) is 0 Å². The molecule has 1 saturated heterocycles. The normalized spacial score (nSPS) is 22.3. The zero-order valence-corrected chi connectivity index (χ0v) is 12.9. The van der Waals surface area contributed by atoms with Crippen molar-refractivity contribution in [2.75, 3.05) is 26.8 Å². The van der Waals surface area contributed by atoms with E-state index in [1.54, 1.807) is 0 Å². The zero-order valence-electron chi connectivity index (χ0n) is 12.9. The molecule has 2 N–H and O–H groups in total. The number of nitrogens with one attached hydrogen (secondary N) is 1. The maximum absolute atomic E-state index is 12.0. The minimum atomic E-state index is -0.118. The Morgan fingerprint density at radius 3 is 2.90 bits per heavy atom. The number of aliphatic hydroxyl groups is 1. The largest absolute Gasteiger partial charge is 0.483 e. The van der Waals surface area contributed by atoms with Gasteiger partial charge in [0.2, 0.25) is 0 Å². The molecule has 1 aliphatic heterocycles. The molecule has 5 nitrogen and oxygen atoms in total. The van der Waals surface area contributed by atoms with Crippen molar-refractivity contribution < 1.29 is 14.6 Å². The van der Waals surface area contributed by atoms with E-state index in [4.69, 9.17) is 4.74 Å². The molecule has 116 valence electrons.